The maximum absolute atomic E-state index is 14.0. The Bertz CT molecular complexity index is 1420. The number of nitrogens with zero attached hydrogens (tertiary/aromatic N) is 7. The minimum Gasteiger partial charge on any atom is -0.470 e. The SMILES string of the molecule is O=C(c1ccncc1)N1CC(Oc2cc(-n3c(C(F)F)nc4ccccc43)nc(N3CCOCC3)n2)C1. The molecule has 6 rings (SSSR count). The van der Waals surface area contributed by atoms with Crippen LogP contribution in [-0.2, 0) is 4.74 Å². The van der Waals surface area contributed by atoms with E-state index in [-0.39, 0.29) is 23.7 Å². The summed E-state index contributed by atoms with van der Waals surface area (Å²) in [5.74, 6) is 0.325. The maximum atomic E-state index is 14.0. The van der Waals surface area contributed by atoms with E-state index in [1.54, 1.807) is 53.7 Å². The van der Waals surface area contributed by atoms with Gasteiger partial charge in [-0.05, 0) is 24.3 Å². The van der Waals surface area contributed by atoms with Crippen LogP contribution in [0.15, 0.2) is 54.9 Å². The van der Waals surface area contributed by atoms with Crippen LogP contribution in [0.5, 0.6) is 5.88 Å². The van der Waals surface area contributed by atoms with Crippen molar-refractivity contribution in [2.75, 3.05) is 44.3 Å². The minimum atomic E-state index is -2.81. The smallest absolute Gasteiger partial charge is 0.296 e. The number of halogens is 2. The molecule has 0 unspecified atom stereocenters. The van der Waals surface area contributed by atoms with Gasteiger partial charge in [0.15, 0.2) is 5.82 Å². The van der Waals surface area contributed by atoms with Gasteiger partial charge < -0.3 is 19.3 Å². The van der Waals surface area contributed by atoms with Crippen LogP contribution in [0.3, 0.4) is 0 Å². The normalized spacial score (nSPS) is 16.3. The van der Waals surface area contributed by atoms with Gasteiger partial charge in [-0.1, -0.05) is 12.1 Å². The predicted octanol–water partition coefficient (Wildman–Crippen LogP) is 2.89. The number of carbonyl (C=O) groups is 1. The van der Waals surface area contributed by atoms with Crippen LogP contribution in [0.25, 0.3) is 16.9 Å². The lowest BCUT2D eigenvalue weighted by Crippen LogP contribution is -2.56. The number of amides is 1. The van der Waals surface area contributed by atoms with Crippen LogP contribution < -0.4 is 9.64 Å². The first-order valence-electron chi connectivity index (χ1n) is 11.9. The molecule has 2 aliphatic heterocycles. The molecule has 0 atom stereocenters. The Labute approximate surface area is 210 Å². The van der Waals surface area contributed by atoms with E-state index in [1.165, 1.54) is 10.6 Å². The standard InChI is InChI=1S/C25H23F2N7O3/c26-22(27)23-29-18-3-1-2-4-19(18)34(23)20-13-21(31-25(30-20)32-9-11-36-12-10-32)37-17-14-33(15-17)24(35)16-5-7-28-8-6-16/h1-8,13,17,22H,9-12,14-15H2. The molecule has 0 spiro atoms. The largest absolute Gasteiger partial charge is 0.470 e. The van der Waals surface area contributed by atoms with Gasteiger partial charge in [0.2, 0.25) is 11.8 Å². The van der Waals surface area contributed by atoms with Crippen molar-refractivity contribution in [3.63, 3.8) is 0 Å². The van der Waals surface area contributed by atoms with E-state index < -0.39 is 12.2 Å². The van der Waals surface area contributed by atoms with E-state index >= 15 is 0 Å². The Kier molecular flexibility index (Phi) is 6.08. The number of anilines is 1. The highest BCUT2D eigenvalue weighted by Crippen LogP contribution is 2.30. The van der Waals surface area contributed by atoms with E-state index in [2.05, 4.69) is 19.9 Å². The van der Waals surface area contributed by atoms with Gasteiger partial charge in [0.05, 0.1) is 37.3 Å². The van der Waals surface area contributed by atoms with E-state index in [0.717, 1.165) is 0 Å². The number of hydrogen-bond donors (Lipinski definition) is 0. The average Bonchev–Trinajstić information content (AvgIpc) is 3.31. The number of morpholine rings is 1. The molecule has 0 N–H and O–H groups in total. The number of hydrogen-bond acceptors (Lipinski definition) is 8. The fraction of sp³-hybridized carbons (Fsp3) is 0.320. The number of pyridine rings is 1. The Balaban J connectivity index is 1.31. The lowest BCUT2D eigenvalue weighted by molar-refractivity contribution is 0.0159. The van der Waals surface area contributed by atoms with Crippen LogP contribution in [0.1, 0.15) is 22.6 Å². The van der Waals surface area contributed by atoms with E-state index in [0.29, 0.717) is 61.9 Å². The number of ether oxygens (including phenoxy) is 2. The zero-order valence-corrected chi connectivity index (χ0v) is 19.7. The number of benzene rings is 1. The number of aromatic nitrogens is 5. The van der Waals surface area contributed by atoms with Crippen LogP contribution in [0, 0.1) is 0 Å². The molecule has 1 amide bonds. The fourth-order valence-corrected chi connectivity index (χ4v) is 4.44. The molecule has 2 aliphatic rings. The molecule has 3 aromatic heterocycles. The first kappa shape index (κ1) is 23.2. The van der Waals surface area contributed by atoms with Gasteiger partial charge in [-0.15, -0.1) is 0 Å². The van der Waals surface area contributed by atoms with E-state index in [9.17, 15) is 13.6 Å². The molecule has 10 nitrogen and oxygen atoms in total. The number of likely N-dealkylation sites (tertiary alicyclic amines) is 1. The lowest BCUT2D eigenvalue weighted by atomic mass is 10.1. The number of para-hydroxylation sites is 2. The molecule has 2 fully saturated rings. The fourth-order valence-electron chi connectivity index (χ4n) is 4.44. The van der Waals surface area contributed by atoms with Gasteiger partial charge in [-0.25, -0.2) is 13.8 Å². The van der Waals surface area contributed by atoms with Crippen LogP contribution in [0.2, 0.25) is 0 Å². The summed E-state index contributed by atoms with van der Waals surface area (Å²) >= 11 is 0. The number of alkyl halides is 2. The van der Waals surface area contributed by atoms with Gasteiger partial charge in [-0.2, -0.15) is 9.97 Å². The highest BCUT2D eigenvalue weighted by Gasteiger charge is 2.34. The zero-order chi connectivity index (χ0) is 25.4. The quantitative estimate of drug-likeness (QED) is 0.393. The Morgan fingerprint density at radius 1 is 1.03 bits per heavy atom. The van der Waals surface area contributed by atoms with Crippen molar-refractivity contribution in [2.24, 2.45) is 0 Å². The third kappa shape index (κ3) is 4.55. The predicted molar refractivity (Wildman–Crippen MR) is 129 cm³/mol. The third-order valence-electron chi connectivity index (χ3n) is 6.33. The summed E-state index contributed by atoms with van der Waals surface area (Å²) in [6.07, 6.45) is 0.0480. The van der Waals surface area contributed by atoms with Crippen molar-refractivity contribution >= 4 is 22.9 Å². The van der Waals surface area contributed by atoms with Crippen LogP contribution in [0.4, 0.5) is 14.7 Å². The molecule has 2 saturated heterocycles. The van der Waals surface area contributed by atoms with Crippen LogP contribution in [-0.4, -0.2) is 80.8 Å². The summed E-state index contributed by atoms with van der Waals surface area (Å²) in [6, 6.07) is 11.8. The number of imidazole rings is 1. The first-order chi connectivity index (χ1) is 18.1. The second-order valence-corrected chi connectivity index (χ2v) is 8.74. The summed E-state index contributed by atoms with van der Waals surface area (Å²) in [4.78, 5) is 33.5. The Morgan fingerprint density at radius 2 is 1.78 bits per heavy atom. The molecule has 0 aliphatic carbocycles. The highest BCUT2D eigenvalue weighted by molar-refractivity contribution is 5.94. The van der Waals surface area contributed by atoms with Gasteiger partial charge >= 0.3 is 0 Å². The van der Waals surface area contributed by atoms with E-state index in [4.69, 9.17) is 9.47 Å². The van der Waals surface area contributed by atoms with Gasteiger partial charge in [0, 0.05) is 37.1 Å². The molecule has 0 saturated carbocycles. The van der Waals surface area contributed by atoms with Gasteiger partial charge in [-0.3, -0.25) is 14.3 Å². The van der Waals surface area contributed by atoms with Crippen molar-refractivity contribution in [3.05, 3.63) is 66.2 Å². The number of fused-ring (bicyclic) bond motifs is 1. The minimum absolute atomic E-state index is 0.105. The third-order valence-corrected chi connectivity index (χ3v) is 6.33. The molecule has 4 aromatic rings. The number of rotatable bonds is 6. The van der Waals surface area contributed by atoms with Crippen LogP contribution >= 0.6 is 0 Å². The average molecular weight is 508 g/mol. The van der Waals surface area contributed by atoms with Crippen molar-refractivity contribution in [1.29, 1.82) is 0 Å². The molecule has 190 valence electrons. The Morgan fingerprint density at radius 3 is 2.54 bits per heavy atom. The van der Waals surface area contributed by atoms with Gasteiger partial charge in [0.25, 0.3) is 12.3 Å². The van der Waals surface area contributed by atoms with Crippen molar-refractivity contribution < 1.29 is 23.0 Å². The Hall–Kier alpha value is -4.19. The molecular formula is C25H23F2N7O3. The zero-order valence-electron chi connectivity index (χ0n) is 19.7. The molecule has 0 bridgehead atoms. The van der Waals surface area contributed by atoms with Crippen molar-refractivity contribution in [1.82, 2.24) is 29.4 Å². The summed E-state index contributed by atoms with van der Waals surface area (Å²) in [7, 11) is 0. The maximum Gasteiger partial charge on any atom is 0.296 e. The summed E-state index contributed by atoms with van der Waals surface area (Å²) in [5, 5.41) is 0. The van der Waals surface area contributed by atoms with Crippen molar-refractivity contribution in [3.8, 4) is 11.7 Å². The van der Waals surface area contributed by atoms with E-state index in [1.807, 2.05) is 4.90 Å². The molecule has 0 radical (unpaired) electrons. The monoisotopic (exact) mass is 507 g/mol. The molecule has 5 heterocycles. The van der Waals surface area contributed by atoms with Gasteiger partial charge in [0.1, 0.15) is 11.9 Å². The molecule has 1 aromatic carbocycles. The summed E-state index contributed by atoms with van der Waals surface area (Å²) < 4.78 is 40.9. The summed E-state index contributed by atoms with van der Waals surface area (Å²) in [6.45, 7) is 2.90. The molecule has 12 heteroatoms. The van der Waals surface area contributed by atoms with Crippen molar-refractivity contribution in [2.45, 2.75) is 12.5 Å². The summed E-state index contributed by atoms with van der Waals surface area (Å²) in [5.41, 5.74) is 1.50. The molecule has 37 heavy (non-hydrogen) atoms. The topological polar surface area (TPSA) is 98.5 Å². The second kappa shape index (κ2) is 9.69. The second-order valence-electron chi connectivity index (χ2n) is 8.74. The lowest BCUT2D eigenvalue weighted by Gasteiger charge is -2.38. The first-order valence-corrected chi connectivity index (χ1v) is 11.9. The number of carbonyl (C=O) groups excluding carboxylic acids is 1. The molecular weight excluding hydrogens is 484 g/mol. The highest BCUT2D eigenvalue weighted by atomic mass is 19.3.